The second kappa shape index (κ2) is 4.81. The number of nitrogens with zero attached hydrogens (tertiary/aromatic N) is 3. The zero-order chi connectivity index (χ0) is 12.5. The van der Waals surface area contributed by atoms with Gasteiger partial charge in [-0.2, -0.15) is 0 Å². The molecule has 0 spiro atoms. The summed E-state index contributed by atoms with van der Waals surface area (Å²) in [6.07, 6.45) is 8.01. The number of hydrogen-bond donors (Lipinski definition) is 0. The third-order valence-electron chi connectivity index (χ3n) is 3.68. The van der Waals surface area contributed by atoms with Crippen molar-refractivity contribution in [3.05, 3.63) is 18.2 Å². The molecule has 1 atom stereocenters. The predicted octanol–water partition coefficient (Wildman–Crippen LogP) is 2.99. The third kappa shape index (κ3) is 2.71. The van der Waals surface area contributed by atoms with E-state index >= 15 is 0 Å². The highest BCUT2D eigenvalue weighted by Gasteiger charge is 2.34. The minimum atomic E-state index is 0.233. The van der Waals surface area contributed by atoms with Gasteiger partial charge in [-0.25, -0.2) is 4.98 Å². The number of aryl methyl sites for hydroxylation is 1. The Kier molecular flexibility index (Phi) is 3.57. The maximum atomic E-state index is 4.58. The number of imidazole rings is 1. The van der Waals surface area contributed by atoms with E-state index < -0.39 is 0 Å². The lowest BCUT2D eigenvalue weighted by Gasteiger charge is -2.41. The first-order valence-corrected chi connectivity index (χ1v) is 6.71. The van der Waals surface area contributed by atoms with Crippen molar-refractivity contribution in [2.45, 2.75) is 46.1 Å². The van der Waals surface area contributed by atoms with Crippen molar-refractivity contribution in [1.82, 2.24) is 14.5 Å². The van der Waals surface area contributed by atoms with E-state index in [1.807, 2.05) is 6.20 Å². The van der Waals surface area contributed by atoms with Crippen molar-refractivity contribution < 1.29 is 0 Å². The Bertz CT molecular complexity index is 356. The van der Waals surface area contributed by atoms with Crippen LogP contribution in [0.4, 0.5) is 0 Å². The third-order valence-corrected chi connectivity index (χ3v) is 3.68. The normalized spacial score (nSPS) is 20.5. The molecule has 0 aromatic carbocycles. The van der Waals surface area contributed by atoms with Gasteiger partial charge in [0.2, 0.25) is 0 Å². The zero-order valence-corrected chi connectivity index (χ0v) is 11.6. The van der Waals surface area contributed by atoms with Crippen LogP contribution in [0, 0.1) is 5.41 Å². The van der Waals surface area contributed by atoms with Gasteiger partial charge < -0.3 is 4.57 Å². The van der Waals surface area contributed by atoms with Crippen LogP contribution in [0.1, 0.15) is 51.9 Å². The smallest absolute Gasteiger partial charge is 0.126 e. The highest BCUT2D eigenvalue weighted by molar-refractivity contribution is 5.04. The summed E-state index contributed by atoms with van der Waals surface area (Å²) < 4.78 is 2.17. The summed E-state index contributed by atoms with van der Waals surface area (Å²) in [4.78, 5) is 7.20. The zero-order valence-electron chi connectivity index (χ0n) is 11.6. The molecular formula is C14H25N3. The molecular weight excluding hydrogens is 210 g/mol. The van der Waals surface area contributed by atoms with Crippen LogP contribution < -0.4 is 0 Å². The SMILES string of the molecule is Cn1ccnc1C(N1CCCCC1)C(C)(C)C. The Morgan fingerprint density at radius 2 is 1.82 bits per heavy atom. The predicted molar refractivity (Wildman–Crippen MR) is 70.8 cm³/mol. The van der Waals surface area contributed by atoms with E-state index in [1.54, 1.807) is 0 Å². The van der Waals surface area contributed by atoms with Crippen LogP contribution in [0.15, 0.2) is 12.4 Å². The highest BCUT2D eigenvalue weighted by atomic mass is 15.2. The van der Waals surface area contributed by atoms with Gasteiger partial charge in [0.15, 0.2) is 0 Å². The Balaban J connectivity index is 2.28. The molecule has 3 heteroatoms. The van der Waals surface area contributed by atoms with Crippen molar-refractivity contribution in [3.8, 4) is 0 Å². The summed E-state index contributed by atoms with van der Waals surface area (Å²) >= 11 is 0. The standard InChI is InChI=1S/C14H25N3/c1-14(2,3)12(13-15-8-11-16(13)4)17-9-6-5-7-10-17/h8,11-12H,5-7,9-10H2,1-4H3. The lowest BCUT2D eigenvalue weighted by molar-refractivity contribution is 0.0715. The number of rotatable bonds is 2. The van der Waals surface area contributed by atoms with Crippen molar-refractivity contribution in [3.63, 3.8) is 0 Å². The lowest BCUT2D eigenvalue weighted by Crippen LogP contribution is -2.41. The number of aromatic nitrogens is 2. The number of piperidine rings is 1. The molecule has 1 saturated heterocycles. The van der Waals surface area contributed by atoms with Gasteiger partial charge in [-0.15, -0.1) is 0 Å². The molecule has 1 aliphatic heterocycles. The molecule has 1 aromatic rings. The number of hydrogen-bond acceptors (Lipinski definition) is 2. The summed E-state index contributed by atoms with van der Waals surface area (Å²) in [5, 5.41) is 0. The summed E-state index contributed by atoms with van der Waals surface area (Å²) in [6.45, 7) is 9.40. The van der Waals surface area contributed by atoms with Gasteiger partial charge in [-0.3, -0.25) is 4.90 Å². The van der Waals surface area contributed by atoms with E-state index in [9.17, 15) is 0 Å². The van der Waals surface area contributed by atoms with E-state index in [-0.39, 0.29) is 5.41 Å². The highest BCUT2D eigenvalue weighted by Crippen LogP contribution is 2.38. The van der Waals surface area contributed by atoms with Crippen molar-refractivity contribution in [2.75, 3.05) is 13.1 Å². The minimum absolute atomic E-state index is 0.233. The summed E-state index contributed by atoms with van der Waals surface area (Å²) in [6, 6.07) is 0.433. The molecule has 3 nitrogen and oxygen atoms in total. The van der Waals surface area contributed by atoms with Gasteiger partial charge in [0.1, 0.15) is 5.82 Å². The summed E-state index contributed by atoms with van der Waals surface area (Å²) in [5.74, 6) is 1.21. The molecule has 1 fully saturated rings. The first kappa shape index (κ1) is 12.6. The second-order valence-corrected chi connectivity index (χ2v) is 6.26. The van der Waals surface area contributed by atoms with Crippen LogP contribution in [0.2, 0.25) is 0 Å². The van der Waals surface area contributed by atoms with E-state index in [4.69, 9.17) is 0 Å². The lowest BCUT2D eigenvalue weighted by atomic mass is 9.84. The molecule has 17 heavy (non-hydrogen) atoms. The van der Waals surface area contributed by atoms with Gasteiger partial charge in [-0.1, -0.05) is 27.2 Å². The molecule has 0 radical (unpaired) electrons. The van der Waals surface area contributed by atoms with Crippen LogP contribution in [-0.4, -0.2) is 27.5 Å². The topological polar surface area (TPSA) is 21.1 Å². The fraction of sp³-hybridized carbons (Fsp3) is 0.786. The van der Waals surface area contributed by atoms with E-state index in [0.29, 0.717) is 6.04 Å². The monoisotopic (exact) mass is 235 g/mol. The van der Waals surface area contributed by atoms with E-state index in [1.165, 1.54) is 38.2 Å². The van der Waals surface area contributed by atoms with Gasteiger partial charge in [-0.05, 0) is 31.3 Å². The van der Waals surface area contributed by atoms with Gasteiger partial charge in [0.25, 0.3) is 0 Å². The molecule has 1 unspecified atom stereocenters. The fourth-order valence-corrected chi connectivity index (χ4v) is 2.92. The van der Waals surface area contributed by atoms with Crippen LogP contribution in [0.5, 0.6) is 0 Å². The Morgan fingerprint density at radius 1 is 1.18 bits per heavy atom. The molecule has 2 heterocycles. The molecule has 0 N–H and O–H groups in total. The average Bonchev–Trinajstić information content (AvgIpc) is 2.65. The van der Waals surface area contributed by atoms with Crippen LogP contribution in [0.25, 0.3) is 0 Å². The van der Waals surface area contributed by atoms with Gasteiger partial charge in [0.05, 0.1) is 6.04 Å². The molecule has 1 aromatic heterocycles. The molecule has 0 aliphatic carbocycles. The molecule has 0 amide bonds. The first-order chi connectivity index (χ1) is 8.00. The second-order valence-electron chi connectivity index (χ2n) is 6.26. The number of likely N-dealkylation sites (tertiary alicyclic amines) is 1. The Hall–Kier alpha value is -0.830. The average molecular weight is 235 g/mol. The van der Waals surface area contributed by atoms with Gasteiger partial charge in [0, 0.05) is 19.4 Å². The fourth-order valence-electron chi connectivity index (χ4n) is 2.92. The molecule has 0 saturated carbocycles. The summed E-state index contributed by atoms with van der Waals surface area (Å²) in [5.41, 5.74) is 0.233. The summed E-state index contributed by atoms with van der Waals surface area (Å²) in [7, 11) is 2.10. The van der Waals surface area contributed by atoms with Crippen LogP contribution >= 0.6 is 0 Å². The molecule has 96 valence electrons. The van der Waals surface area contributed by atoms with E-state index in [2.05, 4.69) is 48.5 Å². The Morgan fingerprint density at radius 3 is 2.29 bits per heavy atom. The van der Waals surface area contributed by atoms with E-state index in [0.717, 1.165) is 0 Å². The van der Waals surface area contributed by atoms with Crippen molar-refractivity contribution in [1.29, 1.82) is 0 Å². The van der Waals surface area contributed by atoms with Gasteiger partial charge >= 0.3 is 0 Å². The quantitative estimate of drug-likeness (QED) is 0.785. The van der Waals surface area contributed by atoms with Crippen LogP contribution in [0.3, 0.4) is 0 Å². The first-order valence-electron chi connectivity index (χ1n) is 6.71. The van der Waals surface area contributed by atoms with Crippen LogP contribution in [-0.2, 0) is 7.05 Å². The van der Waals surface area contributed by atoms with Crippen molar-refractivity contribution >= 4 is 0 Å². The largest absolute Gasteiger partial charge is 0.337 e. The van der Waals surface area contributed by atoms with Crippen molar-refractivity contribution in [2.24, 2.45) is 12.5 Å². The molecule has 2 rings (SSSR count). The molecule has 1 aliphatic rings. The Labute approximate surface area is 105 Å². The minimum Gasteiger partial charge on any atom is -0.337 e. The maximum Gasteiger partial charge on any atom is 0.126 e. The maximum absolute atomic E-state index is 4.58. The molecule has 0 bridgehead atoms.